The molecule has 0 aromatic carbocycles. The van der Waals surface area contributed by atoms with E-state index in [-0.39, 0.29) is 5.56 Å². The Hall–Kier alpha value is -1.03. The van der Waals surface area contributed by atoms with Crippen molar-refractivity contribution in [1.29, 1.82) is 0 Å². The number of rotatable bonds is 0. The fourth-order valence-corrected chi connectivity index (χ4v) is 0.377. The molecule has 0 amide bonds. The lowest BCUT2D eigenvalue weighted by Crippen LogP contribution is -1.98. The molecule has 3 N–H and O–H groups in total. The van der Waals surface area contributed by atoms with Crippen LogP contribution >= 0.6 is 8.25 Å². The largest absolute Gasteiger partial charge is 0.692 e. The predicted octanol–water partition coefficient (Wildman–Crippen LogP) is 0.00330. The summed E-state index contributed by atoms with van der Waals surface area (Å²) in [7, 11) is -2.87. The Kier molecular flexibility index (Phi) is 5.20. The van der Waals surface area contributed by atoms with Gasteiger partial charge in [-0.3, -0.25) is 4.79 Å². The van der Waals surface area contributed by atoms with Crippen LogP contribution in [0.1, 0.15) is 0 Å². The molecular weight excluding hydrogens is 169 g/mol. The molecule has 0 fully saturated rings. The van der Waals surface area contributed by atoms with E-state index in [4.69, 9.17) is 14.4 Å². The Balaban J connectivity index is 0.000000218. The van der Waals surface area contributed by atoms with Crippen molar-refractivity contribution in [2.45, 2.75) is 0 Å². The van der Waals surface area contributed by atoms with Crippen molar-refractivity contribution in [1.82, 2.24) is 4.98 Å². The normalized spacial score (nSPS) is 7.82. The van der Waals surface area contributed by atoms with Crippen LogP contribution in [0, 0.1) is 0 Å². The van der Waals surface area contributed by atoms with Gasteiger partial charge in [-0.05, 0) is 6.07 Å². The van der Waals surface area contributed by atoms with E-state index in [1.54, 1.807) is 18.3 Å². The first kappa shape index (κ1) is 9.97. The SMILES string of the molecule is O=[P+](O)O.O=c1cccc[nH]1. The van der Waals surface area contributed by atoms with Crippen molar-refractivity contribution in [3.63, 3.8) is 0 Å². The molecule has 11 heavy (non-hydrogen) atoms. The highest BCUT2D eigenvalue weighted by Crippen LogP contribution is 1.98. The van der Waals surface area contributed by atoms with Gasteiger partial charge in [0.2, 0.25) is 5.56 Å². The number of H-pyrrole nitrogens is 1. The molecule has 0 saturated carbocycles. The first-order chi connectivity index (χ1) is 5.13. The van der Waals surface area contributed by atoms with Crippen LogP contribution in [0.25, 0.3) is 0 Å². The van der Waals surface area contributed by atoms with Crippen LogP contribution in [-0.4, -0.2) is 14.8 Å². The second kappa shape index (κ2) is 5.73. The Morgan fingerprint density at radius 2 is 1.91 bits per heavy atom. The van der Waals surface area contributed by atoms with Crippen molar-refractivity contribution in [2.75, 3.05) is 0 Å². The average Bonchev–Trinajstić information content (AvgIpc) is 1.87. The molecule has 0 aliphatic carbocycles. The number of hydrogen-bond donors (Lipinski definition) is 3. The lowest BCUT2D eigenvalue weighted by Gasteiger charge is -1.73. The number of pyridine rings is 1. The Bertz CT molecular complexity index is 250. The summed E-state index contributed by atoms with van der Waals surface area (Å²) in [5, 5.41) is 0. The fraction of sp³-hybridized carbons (Fsp3) is 0. The Labute approximate surface area is 63.3 Å². The zero-order valence-electron chi connectivity index (χ0n) is 5.47. The third kappa shape index (κ3) is 8.97. The minimum atomic E-state index is -2.87. The molecule has 0 unspecified atom stereocenters. The molecule has 0 spiro atoms. The first-order valence-electron chi connectivity index (χ1n) is 2.61. The number of hydrogen-bond acceptors (Lipinski definition) is 2. The summed E-state index contributed by atoms with van der Waals surface area (Å²) in [4.78, 5) is 26.9. The first-order valence-corrected chi connectivity index (χ1v) is 3.78. The smallest absolute Gasteiger partial charge is 0.329 e. The van der Waals surface area contributed by atoms with Gasteiger partial charge in [-0.25, -0.2) is 0 Å². The van der Waals surface area contributed by atoms with Gasteiger partial charge in [-0.15, -0.1) is 9.79 Å². The standard InChI is InChI=1S/C5H5NO.HO3P/c7-5-3-1-2-4-6-5;1-4(2)3/h1-4H,(H,6,7);(H-,1,2,3)/p+1. The van der Waals surface area contributed by atoms with E-state index in [0.29, 0.717) is 0 Å². The van der Waals surface area contributed by atoms with Crippen molar-refractivity contribution in [3.05, 3.63) is 34.7 Å². The van der Waals surface area contributed by atoms with Gasteiger partial charge in [0.15, 0.2) is 0 Å². The average molecular weight is 176 g/mol. The maximum absolute atomic E-state index is 10.2. The van der Waals surface area contributed by atoms with Crippen molar-refractivity contribution >= 4 is 8.25 Å². The lowest BCUT2D eigenvalue weighted by molar-refractivity contribution is 0.405. The third-order valence-corrected chi connectivity index (χ3v) is 0.681. The molecule has 1 heterocycles. The summed E-state index contributed by atoms with van der Waals surface area (Å²) in [6, 6.07) is 4.93. The minimum Gasteiger partial charge on any atom is -0.329 e. The molecule has 6 heteroatoms. The summed E-state index contributed by atoms with van der Waals surface area (Å²) in [5.41, 5.74) is -0.0532. The zero-order chi connectivity index (χ0) is 8.69. The molecule has 1 aromatic heterocycles. The molecule has 0 saturated heterocycles. The Morgan fingerprint density at radius 3 is 2.09 bits per heavy atom. The quantitative estimate of drug-likeness (QED) is 0.485. The summed E-state index contributed by atoms with van der Waals surface area (Å²) in [6.45, 7) is 0. The summed E-state index contributed by atoms with van der Waals surface area (Å²) in [5.74, 6) is 0. The topological polar surface area (TPSA) is 90.4 Å². The fourth-order valence-electron chi connectivity index (χ4n) is 0.377. The van der Waals surface area contributed by atoms with Crippen LogP contribution in [0.15, 0.2) is 29.2 Å². The highest BCUT2D eigenvalue weighted by molar-refractivity contribution is 7.30. The summed E-state index contributed by atoms with van der Waals surface area (Å²) >= 11 is 0. The van der Waals surface area contributed by atoms with Gasteiger partial charge in [0.05, 0.1) is 0 Å². The maximum Gasteiger partial charge on any atom is 0.692 e. The van der Waals surface area contributed by atoms with E-state index in [2.05, 4.69) is 4.98 Å². The van der Waals surface area contributed by atoms with Crippen molar-refractivity contribution in [2.24, 2.45) is 0 Å². The van der Waals surface area contributed by atoms with Crippen molar-refractivity contribution in [3.8, 4) is 0 Å². The van der Waals surface area contributed by atoms with Gasteiger partial charge in [0.25, 0.3) is 0 Å². The highest BCUT2D eigenvalue weighted by atomic mass is 31.1. The molecular formula is C5H7NO4P+. The van der Waals surface area contributed by atoms with E-state index >= 15 is 0 Å². The highest BCUT2D eigenvalue weighted by Gasteiger charge is 1.93. The zero-order valence-corrected chi connectivity index (χ0v) is 6.36. The Morgan fingerprint density at radius 1 is 1.36 bits per heavy atom. The second-order valence-corrected chi connectivity index (χ2v) is 1.99. The van der Waals surface area contributed by atoms with E-state index < -0.39 is 8.25 Å². The predicted molar refractivity (Wildman–Crippen MR) is 39.1 cm³/mol. The molecule has 60 valence electrons. The molecule has 1 rings (SSSR count). The van der Waals surface area contributed by atoms with E-state index in [1.165, 1.54) is 6.07 Å². The second-order valence-electron chi connectivity index (χ2n) is 1.48. The lowest BCUT2D eigenvalue weighted by atomic mass is 10.5. The van der Waals surface area contributed by atoms with E-state index in [0.717, 1.165) is 0 Å². The molecule has 0 aliphatic rings. The monoisotopic (exact) mass is 176 g/mol. The van der Waals surface area contributed by atoms with Crippen LogP contribution < -0.4 is 5.56 Å². The van der Waals surface area contributed by atoms with Crippen LogP contribution in [0.3, 0.4) is 0 Å². The summed E-state index contributed by atoms with van der Waals surface area (Å²) in [6.07, 6.45) is 1.60. The number of aromatic amines is 1. The molecule has 1 aromatic rings. The molecule has 0 bridgehead atoms. The molecule has 0 aliphatic heterocycles. The number of aromatic nitrogens is 1. The van der Waals surface area contributed by atoms with Crippen LogP contribution in [-0.2, 0) is 4.57 Å². The molecule has 5 nitrogen and oxygen atoms in total. The van der Waals surface area contributed by atoms with Gasteiger partial charge in [0, 0.05) is 16.8 Å². The summed E-state index contributed by atoms with van der Waals surface area (Å²) < 4.78 is 8.70. The van der Waals surface area contributed by atoms with Crippen LogP contribution in [0.5, 0.6) is 0 Å². The molecule has 0 atom stereocenters. The van der Waals surface area contributed by atoms with Gasteiger partial charge in [0.1, 0.15) is 0 Å². The minimum absolute atomic E-state index is 0.0532. The van der Waals surface area contributed by atoms with Gasteiger partial charge in [-0.2, -0.15) is 0 Å². The number of nitrogens with one attached hydrogen (secondary N) is 1. The third-order valence-electron chi connectivity index (χ3n) is 0.681. The van der Waals surface area contributed by atoms with Crippen molar-refractivity contribution < 1.29 is 14.4 Å². The van der Waals surface area contributed by atoms with Gasteiger partial charge < -0.3 is 4.98 Å². The van der Waals surface area contributed by atoms with Crippen LogP contribution in [0.2, 0.25) is 0 Å². The molecule has 0 radical (unpaired) electrons. The maximum atomic E-state index is 10.2. The van der Waals surface area contributed by atoms with E-state index in [1.807, 2.05) is 0 Å². The van der Waals surface area contributed by atoms with Crippen LogP contribution in [0.4, 0.5) is 0 Å². The van der Waals surface area contributed by atoms with Gasteiger partial charge in [-0.1, -0.05) is 6.07 Å². The van der Waals surface area contributed by atoms with Gasteiger partial charge >= 0.3 is 8.25 Å². The van der Waals surface area contributed by atoms with E-state index in [9.17, 15) is 4.79 Å².